The maximum atomic E-state index is 11.7. The first-order chi connectivity index (χ1) is 9.25. The van der Waals surface area contributed by atoms with Gasteiger partial charge in [0.15, 0.2) is 0 Å². The van der Waals surface area contributed by atoms with Crippen LogP contribution in [0.1, 0.15) is 18.4 Å². The van der Waals surface area contributed by atoms with Crippen molar-refractivity contribution in [1.29, 1.82) is 0 Å². The van der Waals surface area contributed by atoms with Gasteiger partial charge in [-0.2, -0.15) is 0 Å². The van der Waals surface area contributed by atoms with E-state index in [-0.39, 0.29) is 24.4 Å². The van der Waals surface area contributed by atoms with Crippen molar-refractivity contribution in [1.82, 2.24) is 16.0 Å². The molecule has 3 N–H and O–H groups in total. The molecular weight excluding hydrogens is 242 g/mol. The normalized spacial score (nSPS) is 18.0. The van der Waals surface area contributed by atoms with Gasteiger partial charge in [-0.3, -0.25) is 9.59 Å². The highest BCUT2D eigenvalue weighted by Gasteiger charge is 2.21. The van der Waals surface area contributed by atoms with Crippen molar-refractivity contribution in [2.24, 2.45) is 0 Å². The van der Waals surface area contributed by atoms with E-state index in [0.29, 0.717) is 6.54 Å². The molecule has 0 saturated carbocycles. The summed E-state index contributed by atoms with van der Waals surface area (Å²) in [6.45, 7) is 1.39. The Kier molecular flexibility index (Phi) is 4.92. The zero-order valence-corrected chi connectivity index (χ0v) is 10.8. The van der Waals surface area contributed by atoms with E-state index < -0.39 is 0 Å². The van der Waals surface area contributed by atoms with Crippen molar-refractivity contribution < 1.29 is 9.59 Å². The van der Waals surface area contributed by atoms with Crippen LogP contribution < -0.4 is 16.0 Å². The Bertz CT molecular complexity index is 428. The molecule has 5 nitrogen and oxygen atoms in total. The van der Waals surface area contributed by atoms with Crippen LogP contribution in [0.2, 0.25) is 0 Å². The summed E-state index contributed by atoms with van der Waals surface area (Å²) < 4.78 is 0. The van der Waals surface area contributed by atoms with Gasteiger partial charge in [0.25, 0.3) is 0 Å². The molecule has 1 aromatic carbocycles. The average molecular weight is 261 g/mol. The Morgan fingerprint density at radius 3 is 2.68 bits per heavy atom. The number of nitrogens with one attached hydrogen (secondary N) is 3. The predicted molar refractivity (Wildman–Crippen MR) is 72.3 cm³/mol. The van der Waals surface area contributed by atoms with Crippen LogP contribution in [-0.2, 0) is 16.1 Å². The maximum Gasteiger partial charge on any atom is 0.239 e. The van der Waals surface area contributed by atoms with Gasteiger partial charge >= 0.3 is 0 Å². The number of carbonyl (C=O) groups excluding carboxylic acids is 2. The topological polar surface area (TPSA) is 70.2 Å². The van der Waals surface area contributed by atoms with E-state index in [1.54, 1.807) is 0 Å². The molecule has 2 rings (SSSR count). The molecule has 2 amide bonds. The van der Waals surface area contributed by atoms with Gasteiger partial charge in [0.05, 0.1) is 12.6 Å². The fourth-order valence-corrected chi connectivity index (χ4v) is 2.06. The first-order valence-corrected chi connectivity index (χ1v) is 6.57. The largest absolute Gasteiger partial charge is 0.350 e. The lowest BCUT2D eigenvalue weighted by atomic mass is 10.2. The van der Waals surface area contributed by atoms with Crippen LogP contribution in [0.4, 0.5) is 0 Å². The van der Waals surface area contributed by atoms with E-state index in [1.165, 1.54) is 0 Å². The Balaban J connectivity index is 1.65. The van der Waals surface area contributed by atoms with Crippen LogP contribution in [0.5, 0.6) is 0 Å². The third-order valence-corrected chi connectivity index (χ3v) is 3.13. The average Bonchev–Trinajstić information content (AvgIpc) is 2.98. The molecule has 1 saturated heterocycles. The minimum atomic E-state index is -0.171. The van der Waals surface area contributed by atoms with Crippen molar-refractivity contribution in [2.75, 3.05) is 13.1 Å². The van der Waals surface area contributed by atoms with E-state index in [9.17, 15) is 9.59 Å². The van der Waals surface area contributed by atoms with Gasteiger partial charge in [-0.05, 0) is 24.9 Å². The number of hydrogen-bond acceptors (Lipinski definition) is 3. The zero-order chi connectivity index (χ0) is 13.5. The van der Waals surface area contributed by atoms with E-state index >= 15 is 0 Å². The van der Waals surface area contributed by atoms with Crippen LogP contribution in [0, 0.1) is 0 Å². The Hall–Kier alpha value is -1.88. The van der Waals surface area contributed by atoms with Crippen LogP contribution >= 0.6 is 0 Å². The minimum absolute atomic E-state index is 0.0316. The molecule has 0 bridgehead atoms. The number of rotatable bonds is 5. The van der Waals surface area contributed by atoms with E-state index in [1.807, 2.05) is 30.3 Å². The second-order valence-corrected chi connectivity index (χ2v) is 4.63. The summed E-state index contributed by atoms with van der Waals surface area (Å²) in [6.07, 6.45) is 1.86. The molecule has 19 heavy (non-hydrogen) atoms. The molecule has 0 aromatic heterocycles. The number of hydrogen-bond donors (Lipinski definition) is 3. The lowest BCUT2D eigenvalue weighted by Crippen LogP contribution is -2.44. The van der Waals surface area contributed by atoms with Gasteiger partial charge in [-0.1, -0.05) is 30.3 Å². The lowest BCUT2D eigenvalue weighted by molar-refractivity contribution is -0.127. The highest BCUT2D eigenvalue weighted by Crippen LogP contribution is 2.04. The minimum Gasteiger partial charge on any atom is -0.350 e. The molecule has 1 heterocycles. The summed E-state index contributed by atoms with van der Waals surface area (Å²) in [7, 11) is 0. The number of benzene rings is 1. The summed E-state index contributed by atoms with van der Waals surface area (Å²) in [5.74, 6) is -0.262. The third kappa shape index (κ3) is 4.37. The Labute approximate surface area is 112 Å². The maximum absolute atomic E-state index is 11.7. The molecule has 5 heteroatoms. The van der Waals surface area contributed by atoms with E-state index in [4.69, 9.17) is 0 Å². The van der Waals surface area contributed by atoms with Crippen LogP contribution in [0.25, 0.3) is 0 Å². The molecule has 1 aliphatic heterocycles. The van der Waals surface area contributed by atoms with Gasteiger partial charge < -0.3 is 16.0 Å². The number of amides is 2. The lowest BCUT2D eigenvalue weighted by Gasteiger charge is -2.11. The molecule has 1 aromatic rings. The van der Waals surface area contributed by atoms with Crippen LogP contribution in [0.3, 0.4) is 0 Å². The molecule has 1 fully saturated rings. The molecular formula is C14H19N3O2. The zero-order valence-electron chi connectivity index (χ0n) is 10.8. The molecule has 0 aliphatic carbocycles. The second kappa shape index (κ2) is 6.89. The smallest absolute Gasteiger partial charge is 0.239 e. The summed E-state index contributed by atoms with van der Waals surface area (Å²) in [5.41, 5.74) is 1.04. The Morgan fingerprint density at radius 2 is 2.00 bits per heavy atom. The molecule has 102 valence electrons. The van der Waals surface area contributed by atoms with Gasteiger partial charge in [0, 0.05) is 6.54 Å². The van der Waals surface area contributed by atoms with E-state index in [0.717, 1.165) is 24.9 Å². The van der Waals surface area contributed by atoms with Gasteiger partial charge in [0.1, 0.15) is 0 Å². The van der Waals surface area contributed by atoms with Crippen molar-refractivity contribution in [3.8, 4) is 0 Å². The fourth-order valence-electron chi connectivity index (χ4n) is 2.06. The standard InChI is InChI=1S/C14H19N3O2/c18-13(16-9-11-5-2-1-3-6-11)10-17-14(19)12-7-4-8-15-12/h1-3,5-6,12,15H,4,7-10H2,(H,16,18)(H,17,19). The summed E-state index contributed by atoms with van der Waals surface area (Å²) in [5, 5.41) is 8.51. The quantitative estimate of drug-likeness (QED) is 0.707. The SMILES string of the molecule is O=C(CNC(=O)C1CCCN1)NCc1ccccc1. The van der Waals surface area contributed by atoms with E-state index in [2.05, 4.69) is 16.0 Å². The molecule has 0 radical (unpaired) electrons. The summed E-state index contributed by atoms with van der Waals surface area (Å²) in [4.78, 5) is 23.3. The summed E-state index contributed by atoms with van der Waals surface area (Å²) in [6, 6.07) is 9.54. The highest BCUT2D eigenvalue weighted by atomic mass is 16.2. The summed E-state index contributed by atoms with van der Waals surface area (Å²) >= 11 is 0. The van der Waals surface area contributed by atoms with Gasteiger partial charge in [-0.25, -0.2) is 0 Å². The predicted octanol–water partition coefficient (Wildman–Crippen LogP) is 0.171. The van der Waals surface area contributed by atoms with Gasteiger partial charge in [0.2, 0.25) is 11.8 Å². The Morgan fingerprint density at radius 1 is 1.21 bits per heavy atom. The van der Waals surface area contributed by atoms with Crippen molar-refractivity contribution in [3.63, 3.8) is 0 Å². The van der Waals surface area contributed by atoms with Crippen molar-refractivity contribution >= 4 is 11.8 Å². The van der Waals surface area contributed by atoms with Crippen LogP contribution in [-0.4, -0.2) is 30.9 Å². The van der Waals surface area contributed by atoms with Gasteiger partial charge in [-0.15, -0.1) is 0 Å². The molecule has 1 aliphatic rings. The second-order valence-electron chi connectivity index (χ2n) is 4.63. The van der Waals surface area contributed by atoms with Crippen LogP contribution in [0.15, 0.2) is 30.3 Å². The first-order valence-electron chi connectivity index (χ1n) is 6.57. The third-order valence-electron chi connectivity index (χ3n) is 3.13. The van der Waals surface area contributed by atoms with Crippen molar-refractivity contribution in [3.05, 3.63) is 35.9 Å². The molecule has 1 atom stereocenters. The number of carbonyl (C=O) groups is 2. The van der Waals surface area contributed by atoms with Crippen molar-refractivity contribution in [2.45, 2.75) is 25.4 Å². The molecule has 0 spiro atoms. The molecule has 1 unspecified atom stereocenters. The monoisotopic (exact) mass is 261 g/mol. The fraction of sp³-hybridized carbons (Fsp3) is 0.429. The highest BCUT2D eigenvalue weighted by molar-refractivity contribution is 5.87. The first kappa shape index (κ1) is 13.5.